The Labute approximate surface area is 169 Å². The number of benzene rings is 1. The molecule has 7 heteroatoms. The van der Waals surface area contributed by atoms with Crippen LogP contribution in [0.5, 0.6) is 0 Å². The Bertz CT molecular complexity index is 731. The van der Waals surface area contributed by atoms with Crippen LogP contribution in [0.4, 0.5) is 0 Å². The minimum Gasteiger partial charge on any atom is -0.469 e. The lowest BCUT2D eigenvalue weighted by atomic mass is 10.2. The topological polar surface area (TPSA) is 69.9 Å². The molecule has 0 saturated heterocycles. The smallest absolute Gasteiger partial charge is 0.224 e. The number of guanidine groups is 1. The Morgan fingerprint density at radius 3 is 2.74 bits per heavy atom. The van der Waals surface area contributed by atoms with Crippen LogP contribution in [0.2, 0.25) is 0 Å². The summed E-state index contributed by atoms with van der Waals surface area (Å²) in [4.78, 5) is 18.6. The quantitative estimate of drug-likeness (QED) is 0.469. The zero-order chi connectivity index (χ0) is 19.5. The van der Waals surface area contributed by atoms with Gasteiger partial charge < -0.3 is 20.0 Å². The third kappa shape index (κ3) is 7.46. The molecule has 1 aromatic heterocycles. The van der Waals surface area contributed by atoms with Crippen LogP contribution in [0.3, 0.4) is 0 Å². The van der Waals surface area contributed by atoms with Crippen LogP contribution < -0.4 is 10.6 Å². The third-order valence-electron chi connectivity index (χ3n) is 3.97. The summed E-state index contributed by atoms with van der Waals surface area (Å²) in [7, 11) is 1.82. The van der Waals surface area contributed by atoms with Gasteiger partial charge >= 0.3 is 0 Å². The van der Waals surface area contributed by atoms with E-state index in [0.29, 0.717) is 32.0 Å². The molecule has 0 aliphatic heterocycles. The first-order valence-corrected chi connectivity index (χ1v) is 9.91. The zero-order valence-corrected chi connectivity index (χ0v) is 17.5. The minimum absolute atomic E-state index is 0.0877. The Balaban J connectivity index is 1.75. The van der Waals surface area contributed by atoms with Crippen LogP contribution >= 0.6 is 15.9 Å². The van der Waals surface area contributed by atoms with E-state index < -0.39 is 0 Å². The number of nitrogens with one attached hydrogen (secondary N) is 2. The summed E-state index contributed by atoms with van der Waals surface area (Å²) >= 11 is 3.52. The molecule has 6 nitrogen and oxygen atoms in total. The summed E-state index contributed by atoms with van der Waals surface area (Å²) in [5.74, 6) is 1.72. The lowest BCUT2D eigenvalue weighted by Crippen LogP contribution is -2.39. The van der Waals surface area contributed by atoms with Gasteiger partial charge in [0, 0.05) is 50.5 Å². The zero-order valence-electron chi connectivity index (χ0n) is 15.9. The van der Waals surface area contributed by atoms with Crippen molar-refractivity contribution in [2.24, 2.45) is 4.99 Å². The van der Waals surface area contributed by atoms with Gasteiger partial charge in [-0.1, -0.05) is 34.1 Å². The van der Waals surface area contributed by atoms with Gasteiger partial charge in [0.25, 0.3) is 0 Å². The van der Waals surface area contributed by atoms with Gasteiger partial charge in [-0.3, -0.25) is 9.79 Å². The summed E-state index contributed by atoms with van der Waals surface area (Å²) < 4.78 is 6.32. The fraction of sp³-hybridized carbons (Fsp3) is 0.400. The van der Waals surface area contributed by atoms with Crippen LogP contribution in [0.25, 0.3) is 0 Å². The molecule has 0 aliphatic rings. The molecule has 1 heterocycles. The van der Waals surface area contributed by atoms with E-state index in [-0.39, 0.29) is 5.91 Å². The lowest BCUT2D eigenvalue weighted by molar-refractivity contribution is -0.130. The number of aliphatic imine (C=N–C) groups is 1. The van der Waals surface area contributed by atoms with Gasteiger partial charge in [0.2, 0.25) is 5.91 Å². The van der Waals surface area contributed by atoms with E-state index in [1.807, 2.05) is 50.4 Å². The largest absolute Gasteiger partial charge is 0.469 e. The van der Waals surface area contributed by atoms with Crippen molar-refractivity contribution >= 4 is 27.8 Å². The van der Waals surface area contributed by atoms with Gasteiger partial charge in [-0.25, -0.2) is 0 Å². The summed E-state index contributed by atoms with van der Waals surface area (Å²) in [5.41, 5.74) is 1.09. The number of carbonyl (C=O) groups excluding carboxylic acids is 1. The van der Waals surface area contributed by atoms with Crippen molar-refractivity contribution in [3.63, 3.8) is 0 Å². The predicted octanol–water partition coefficient (Wildman–Crippen LogP) is 3.19. The maximum Gasteiger partial charge on any atom is 0.224 e. The van der Waals surface area contributed by atoms with Crippen molar-refractivity contribution in [3.05, 3.63) is 58.5 Å². The average molecular weight is 435 g/mol. The van der Waals surface area contributed by atoms with Crippen LogP contribution in [0.1, 0.15) is 24.7 Å². The van der Waals surface area contributed by atoms with Crippen LogP contribution in [-0.2, 0) is 17.8 Å². The first-order chi connectivity index (χ1) is 13.1. The highest BCUT2D eigenvalue weighted by atomic mass is 79.9. The SMILES string of the molecule is CCNC(=NCCc1ccco1)NCCC(=O)N(C)Cc1ccccc1Br. The molecule has 2 N–H and O–H groups in total. The highest BCUT2D eigenvalue weighted by Crippen LogP contribution is 2.17. The van der Waals surface area contributed by atoms with Crippen molar-refractivity contribution < 1.29 is 9.21 Å². The molecule has 0 bridgehead atoms. The van der Waals surface area contributed by atoms with Crippen LogP contribution in [-0.4, -0.2) is 43.4 Å². The Hall–Kier alpha value is -2.28. The van der Waals surface area contributed by atoms with Crippen LogP contribution in [0, 0.1) is 0 Å². The van der Waals surface area contributed by atoms with Crippen molar-refractivity contribution in [2.45, 2.75) is 26.3 Å². The normalized spacial score (nSPS) is 11.3. The molecule has 27 heavy (non-hydrogen) atoms. The first kappa shape index (κ1) is 21.0. The molecular weight excluding hydrogens is 408 g/mol. The molecule has 1 amide bonds. The molecule has 0 saturated carbocycles. The molecule has 2 rings (SSSR count). The molecule has 0 aliphatic carbocycles. The Kier molecular flexibility index (Phi) is 8.91. The standard InChI is InChI=1S/C20H27BrN4O2/c1-3-22-20(23-12-10-17-8-6-14-27-17)24-13-11-19(26)25(2)15-16-7-4-5-9-18(16)21/h4-9,14H,3,10-13,15H2,1-2H3,(H2,22,23,24). The summed E-state index contributed by atoms with van der Waals surface area (Å²) in [5, 5.41) is 6.40. The number of hydrogen-bond donors (Lipinski definition) is 2. The Morgan fingerprint density at radius 1 is 1.22 bits per heavy atom. The van der Waals surface area contributed by atoms with Gasteiger partial charge in [-0.15, -0.1) is 0 Å². The van der Waals surface area contributed by atoms with E-state index in [2.05, 4.69) is 31.6 Å². The molecule has 0 spiro atoms. The monoisotopic (exact) mass is 434 g/mol. The second-order valence-corrected chi connectivity index (χ2v) is 6.96. The van der Waals surface area contributed by atoms with E-state index in [1.165, 1.54) is 0 Å². The minimum atomic E-state index is 0.0877. The highest BCUT2D eigenvalue weighted by Gasteiger charge is 2.11. The van der Waals surface area contributed by atoms with E-state index in [0.717, 1.165) is 28.8 Å². The first-order valence-electron chi connectivity index (χ1n) is 9.12. The van der Waals surface area contributed by atoms with E-state index in [9.17, 15) is 4.79 Å². The van der Waals surface area contributed by atoms with Crippen molar-refractivity contribution in [3.8, 4) is 0 Å². The molecule has 1 aromatic carbocycles. The number of carbonyl (C=O) groups is 1. The van der Waals surface area contributed by atoms with Crippen molar-refractivity contribution in [2.75, 3.05) is 26.7 Å². The molecule has 0 unspecified atom stereocenters. The fourth-order valence-corrected chi connectivity index (χ4v) is 2.93. The summed E-state index contributed by atoms with van der Waals surface area (Å²) in [6.45, 7) is 4.52. The average Bonchev–Trinajstić information content (AvgIpc) is 3.17. The van der Waals surface area contributed by atoms with Gasteiger partial charge in [-0.2, -0.15) is 0 Å². The molecule has 2 aromatic rings. The van der Waals surface area contributed by atoms with Gasteiger partial charge in [0.05, 0.1) is 6.26 Å². The van der Waals surface area contributed by atoms with Gasteiger partial charge in [0.15, 0.2) is 5.96 Å². The third-order valence-corrected chi connectivity index (χ3v) is 4.75. The van der Waals surface area contributed by atoms with Gasteiger partial charge in [-0.05, 0) is 30.7 Å². The Morgan fingerprint density at radius 2 is 2.04 bits per heavy atom. The maximum absolute atomic E-state index is 12.4. The second kappa shape index (κ2) is 11.4. The van der Waals surface area contributed by atoms with E-state index in [1.54, 1.807) is 11.2 Å². The number of hydrogen-bond acceptors (Lipinski definition) is 3. The van der Waals surface area contributed by atoms with Crippen LogP contribution in [0.15, 0.2) is 56.5 Å². The maximum atomic E-state index is 12.4. The molecule has 0 atom stereocenters. The molecule has 0 radical (unpaired) electrons. The second-order valence-electron chi connectivity index (χ2n) is 6.11. The molecule has 146 valence electrons. The lowest BCUT2D eigenvalue weighted by Gasteiger charge is -2.19. The van der Waals surface area contributed by atoms with E-state index in [4.69, 9.17) is 4.42 Å². The van der Waals surface area contributed by atoms with E-state index >= 15 is 0 Å². The predicted molar refractivity (Wildman–Crippen MR) is 112 cm³/mol. The molecular formula is C20H27BrN4O2. The molecule has 0 fully saturated rings. The fourth-order valence-electron chi connectivity index (χ4n) is 2.52. The van der Waals surface area contributed by atoms with Crippen molar-refractivity contribution in [1.82, 2.24) is 15.5 Å². The van der Waals surface area contributed by atoms with Crippen molar-refractivity contribution in [1.29, 1.82) is 0 Å². The number of halogens is 1. The summed E-state index contributed by atoms with van der Waals surface area (Å²) in [6.07, 6.45) is 2.82. The number of furan rings is 1. The number of nitrogens with zero attached hydrogens (tertiary/aromatic N) is 2. The number of rotatable bonds is 9. The highest BCUT2D eigenvalue weighted by molar-refractivity contribution is 9.10. The summed E-state index contributed by atoms with van der Waals surface area (Å²) in [6, 6.07) is 11.8. The number of amides is 1. The van der Waals surface area contributed by atoms with Gasteiger partial charge in [0.1, 0.15) is 5.76 Å².